The Bertz CT molecular complexity index is 532. The van der Waals surface area contributed by atoms with Crippen LogP contribution in [0.3, 0.4) is 0 Å². The molecule has 3 heterocycles. The first-order valence-corrected chi connectivity index (χ1v) is 10.2. The maximum Gasteiger partial charge on any atom is 0.251 e. The van der Waals surface area contributed by atoms with Crippen molar-refractivity contribution < 1.29 is 14.3 Å². The number of carbonyl (C=O) groups is 1. The molecule has 3 fully saturated rings. The summed E-state index contributed by atoms with van der Waals surface area (Å²) in [7, 11) is 1.82. The molecular formula is C19H36IN5O3. The van der Waals surface area contributed by atoms with Gasteiger partial charge < -0.3 is 24.6 Å². The van der Waals surface area contributed by atoms with Crippen LogP contribution in [0, 0.1) is 0 Å². The third-order valence-electron chi connectivity index (χ3n) is 5.79. The molecule has 1 amide bonds. The molecule has 1 unspecified atom stereocenters. The van der Waals surface area contributed by atoms with E-state index in [1.54, 1.807) is 0 Å². The SMILES string of the molecule is CN=C(NCCN1CCOCC1(C)C)N1CCN(C(=O)C2CCCO2)CC1.I. The molecule has 1 atom stereocenters. The van der Waals surface area contributed by atoms with Gasteiger partial charge in [-0.1, -0.05) is 0 Å². The standard InChI is InChI=1S/C19H35N5O3.HI/c1-19(2)15-26-14-12-24(19)7-6-21-18(20-3)23-10-8-22(9-11-23)17(25)16-5-4-13-27-16;/h16H,4-15H2,1-3H3,(H,20,21);1H. The lowest BCUT2D eigenvalue weighted by molar-refractivity contribution is -0.142. The van der Waals surface area contributed by atoms with Crippen LogP contribution in [-0.4, -0.2) is 111 Å². The van der Waals surface area contributed by atoms with E-state index in [1.165, 1.54) is 0 Å². The molecule has 0 saturated carbocycles. The van der Waals surface area contributed by atoms with Crippen LogP contribution in [0.2, 0.25) is 0 Å². The minimum absolute atomic E-state index is 0. The molecule has 8 nitrogen and oxygen atoms in total. The number of nitrogens with one attached hydrogen (secondary N) is 1. The lowest BCUT2D eigenvalue weighted by atomic mass is 10.0. The number of ether oxygens (including phenoxy) is 2. The number of amides is 1. The summed E-state index contributed by atoms with van der Waals surface area (Å²) in [6.07, 6.45) is 1.64. The lowest BCUT2D eigenvalue weighted by Crippen LogP contribution is -2.57. The molecule has 0 radical (unpaired) electrons. The summed E-state index contributed by atoms with van der Waals surface area (Å²) < 4.78 is 11.1. The number of morpholine rings is 1. The molecule has 9 heteroatoms. The van der Waals surface area contributed by atoms with E-state index >= 15 is 0 Å². The normalized spacial score (nSPS) is 26.1. The molecule has 28 heavy (non-hydrogen) atoms. The van der Waals surface area contributed by atoms with E-state index in [0.29, 0.717) is 6.61 Å². The highest BCUT2D eigenvalue weighted by Gasteiger charge is 2.32. The van der Waals surface area contributed by atoms with Crippen LogP contribution in [0.5, 0.6) is 0 Å². The van der Waals surface area contributed by atoms with Gasteiger partial charge in [-0.2, -0.15) is 0 Å². The van der Waals surface area contributed by atoms with Crippen molar-refractivity contribution in [3.05, 3.63) is 0 Å². The second-order valence-electron chi connectivity index (χ2n) is 8.14. The zero-order valence-corrected chi connectivity index (χ0v) is 19.8. The van der Waals surface area contributed by atoms with Crippen molar-refractivity contribution in [3.8, 4) is 0 Å². The zero-order chi connectivity index (χ0) is 19.3. The molecule has 3 aliphatic heterocycles. The van der Waals surface area contributed by atoms with E-state index in [9.17, 15) is 4.79 Å². The fraction of sp³-hybridized carbons (Fsp3) is 0.895. The van der Waals surface area contributed by atoms with Gasteiger partial charge >= 0.3 is 0 Å². The average Bonchev–Trinajstić information content (AvgIpc) is 3.21. The average molecular weight is 509 g/mol. The Kier molecular flexibility index (Phi) is 9.23. The number of rotatable bonds is 4. The lowest BCUT2D eigenvalue weighted by Gasteiger charge is -2.42. The molecule has 0 spiro atoms. The van der Waals surface area contributed by atoms with Gasteiger partial charge in [0.1, 0.15) is 6.10 Å². The van der Waals surface area contributed by atoms with Gasteiger partial charge in [0.2, 0.25) is 0 Å². The van der Waals surface area contributed by atoms with Gasteiger partial charge in [-0.05, 0) is 26.7 Å². The number of guanidine groups is 1. The second kappa shape index (κ2) is 10.9. The van der Waals surface area contributed by atoms with E-state index in [-0.39, 0.29) is 41.5 Å². The van der Waals surface area contributed by atoms with Crippen molar-refractivity contribution in [2.75, 3.05) is 72.7 Å². The Hall–Kier alpha value is -0.650. The van der Waals surface area contributed by atoms with Gasteiger partial charge in [0.15, 0.2) is 5.96 Å². The van der Waals surface area contributed by atoms with Crippen LogP contribution in [0.25, 0.3) is 0 Å². The summed E-state index contributed by atoms with van der Waals surface area (Å²) in [6.45, 7) is 12.6. The summed E-state index contributed by atoms with van der Waals surface area (Å²) in [5.74, 6) is 1.08. The Labute approximate surface area is 186 Å². The predicted octanol–water partition coefficient (Wildman–Crippen LogP) is 0.614. The summed E-state index contributed by atoms with van der Waals surface area (Å²) in [4.78, 5) is 23.6. The number of halogens is 1. The number of hydrogen-bond acceptors (Lipinski definition) is 5. The monoisotopic (exact) mass is 509 g/mol. The Morgan fingerprint density at radius 3 is 2.46 bits per heavy atom. The smallest absolute Gasteiger partial charge is 0.251 e. The van der Waals surface area contributed by atoms with Gasteiger partial charge in [0.25, 0.3) is 5.91 Å². The van der Waals surface area contributed by atoms with E-state index in [2.05, 4.69) is 34.0 Å². The maximum absolute atomic E-state index is 12.5. The third-order valence-corrected chi connectivity index (χ3v) is 5.79. The van der Waals surface area contributed by atoms with Crippen LogP contribution in [0.1, 0.15) is 26.7 Å². The molecule has 1 N–H and O–H groups in total. The number of piperazine rings is 1. The van der Waals surface area contributed by atoms with Gasteiger partial charge in [-0.15, -0.1) is 24.0 Å². The van der Waals surface area contributed by atoms with Gasteiger partial charge in [-0.3, -0.25) is 14.7 Å². The summed E-state index contributed by atoms with van der Waals surface area (Å²) >= 11 is 0. The molecule has 0 bridgehead atoms. The minimum Gasteiger partial charge on any atom is -0.378 e. The summed E-state index contributed by atoms with van der Waals surface area (Å²) in [6, 6.07) is 0. The molecule has 3 rings (SSSR count). The fourth-order valence-corrected chi connectivity index (χ4v) is 4.05. The highest BCUT2D eigenvalue weighted by molar-refractivity contribution is 14.0. The van der Waals surface area contributed by atoms with Crippen LogP contribution < -0.4 is 5.32 Å². The summed E-state index contributed by atoms with van der Waals surface area (Å²) in [5, 5.41) is 3.49. The number of aliphatic imine (C=N–C) groups is 1. The topological polar surface area (TPSA) is 69.6 Å². The number of nitrogens with zero attached hydrogens (tertiary/aromatic N) is 4. The third kappa shape index (κ3) is 5.93. The number of carbonyl (C=O) groups excluding carboxylic acids is 1. The first-order valence-electron chi connectivity index (χ1n) is 10.2. The quantitative estimate of drug-likeness (QED) is 0.341. The maximum atomic E-state index is 12.5. The van der Waals surface area contributed by atoms with E-state index in [1.807, 2.05) is 11.9 Å². The molecule has 0 aromatic rings. The minimum atomic E-state index is -0.217. The van der Waals surface area contributed by atoms with Crippen LogP contribution in [0.4, 0.5) is 0 Å². The molecule has 3 saturated heterocycles. The summed E-state index contributed by atoms with van der Waals surface area (Å²) in [5.41, 5.74) is 0.0811. The van der Waals surface area contributed by atoms with Gasteiger partial charge in [0, 0.05) is 65.0 Å². The molecule has 0 aromatic heterocycles. The molecule has 0 aromatic carbocycles. The Morgan fingerprint density at radius 2 is 1.86 bits per heavy atom. The van der Waals surface area contributed by atoms with E-state index < -0.39 is 0 Å². The molecule has 0 aliphatic carbocycles. The van der Waals surface area contributed by atoms with Gasteiger partial charge in [-0.25, -0.2) is 0 Å². The molecule has 162 valence electrons. The first kappa shape index (κ1) is 23.6. The van der Waals surface area contributed by atoms with Crippen molar-refractivity contribution in [2.45, 2.75) is 38.3 Å². The van der Waals surface area contributed by atoms with E-state index in [4.69, 9.17) is 9.47 Å². The first-order chi connectivity index (χ1) is 13.0. The van der Waals surface area contributed by atoms with Crippen LogP contribution in [0.15, 0.2) is 4.99 Å². The van der Waals surface area contributed by atoms with Crippen molar-refractivity contribution in [1.29, 1.82) is 0 Å². The van der Waals surface area contributed by atoms with Crippen molar-refractivity contribution >= 4 is 35.8 Å². The number of hydrogen-bond donors (Lipinski definition) is 1. The van der Waals surface area contributed by atoms with Crippen LogP contribution in [-0.2, 0) is 14.3 Å². The van der Waals surface area contributed by atoms with Gasteiger partial charge in [0.05, 0.1) is 13.2 Å². The van der Waals surface area contributed by atoms with Crippen molar-refractivity contribution in [3.63, 3.8) is 0 Å². The highest BCUT2D eigenvalue weighted by Crippen LogP contribution is 2.18. The van der Waals surface area contributed by atoms with E-state index in [0.717, 1.165) is 77.8 Å². The second-order valence-corrected chi connectivity index (χ2v) is 8.14. The zero-order valence-electron chi connectivity index (χ0n) is 17.5. The molecular weight excluding hydrogens is 473 g/mol. The van der Waals surface area contributed by atoms with Crippen molar-refractivity contribution in [1.82, 2.24) is 20.0 Å². The largest absolute Gasteiger partial charge is 0.378 e. The van der Waals surface area contributed by atoms with Crippen molar-refractivity contribution in [2.24, 2.45) is 4.99 Å². The Morgan fingerprint density at radius 1 is 1.14 bits per heavy atom. The highest BCUT2D eigenvalue weighted by atomic mass is 127. The Balaban J connectivity index is 0.00000280. The molecule has 3 aliphatic rings. The fourth-order valence-electron chi connectivity index (χ4n) is 4.05. The van der Waals surface area contributed by atoms with Crippen LogP contribution >= 0.6 is 24.0 Å². The predicted molar refractivity (Wildman–Crippen MR) is 120 cm³/mol.